The fourth-order valence-electron chi connectivity index (χ4n) is 3.51. The first kappa shape index (κ1) is 17.8. The lowest BCUT2D eigenvalue weighted by Gasteiger charge is -2.11. The molecule has 0 amide bonds. The van der Waals surface area contributed by atoms with Crippen molar-refractivity contribution in [2.75, 3.05) is 14.2 Å². The number of halogens is 1. The number of nitrogens with zero attached hydrogens (tertiary/aromatic N) is 1. The number of H-pyrrole nitrogens is 1. The van der Waals surface area contributed by atoms with Crippen LogP contribution in [-0.4, -0.2) is 30.0 Å². The first-order chi connectivity index (χ1) is 13.6. The molecule has 0 fully saturated rings. The van der Waals surface area contributed by atoms with Crippen LogP contribution in [0, 0.1) is 5.82 Å². The van der Waals surface area contributed by atoms with Gasteiger partial charge in [0.15, 0.2) is 5.88 Å². The summed E-state index contributed by atoms with van der Waals surface area (Å²) in [5.74, 6) is 0.109. The molecule has 1 aromatic heterocycles. The molecule has 0 aliphatic rings. The molecule has 2 N–H and O–H groups in total. The number of hydrogen-bond donors (Lipinski definition) is 2. The van der Waals surface area contributed by atoms with Gasteiger partial charge in [-0.15, -0.1) is 0 Å². The highest BCUT2D eigenvalue weighted by molar-refractivity contribution is 6.21. The number of aromatic nitrogens is 1. The Bertz CT molecular complexity index is 1180. The highest BCUT2D eigenvalue weighted by atomic mass is 19.1. The molecule has 4 nitrogen and oxygen atoms in total. The number of nitrogens with one attached hydrogen (secondary N) is 1. The average molecular weight is 374 g/mol. The van der Waals surface area contributed by atoms with E-state index in [9.17, 15) is 9.50 Å². The summed E-state index contributed by atoms with van der Waals surface area (Å²) < 4.78 is 19.9. The standard InChI is InChI=1S/C23H19FN2O2/c1-25-22(14-7-4-3-5-8-14)21-16-13-15(11-12-18(16)26-23(21)27)20-17(24)9-6-10-19(20)28-2/h3-13,26-27H,1-2H3. The molecule has 0 aliphatic carbocycles. The molecule has 3 aromatic carbocycles. The lowest BCUT2D eigenvalue weighted by atomic mass is 9.97. The van der Waals surface area contributed by atoms with E-state index in [-0.39, 0.29) is 11.7 Å². The summed E-state index contributed by atoms with van der Waals surface area (Å²) in [6.07, 6.45) is 0. The molecule has 0 saturated heterocycles. The normalized spacial score (nSPS) is 11.8. The molecule has 0 atom stereocenters. The zero-order valence-electron chi connectivity index (χ0n) is 15.5. The van der Waals surface area contributed by atoms with Crippen LogP contribution in [0.5, 0.6) is 11.6 Å². The number of benzene rings is 3. The number of aromatic amines is 1. The molecule has 0 spiro atoms. The molecule has 4 rings (SSSR count). The van der Waals surface area contributed by atoms with Crippen molar-refractivity contribution in [2.45, 2.75) is 0 Å². The Morgan fingerprint density at radius 2 is 1.82 bits per heavy atom. The average Bonchev–Trinajstić information content (AvgIpc) is 3.04. The van der Waals surface area contributed by atoms with Gasteiger partial charge in [-0.2, -0.15) is 0 Å². The number of methoxy groups -OCH3 is 1. The number of fused-ring (bicyclic) bond motifs is 1. The van der Waals surface area contributed by atoms with E-state index in [1.807, 2.05) is 42.5 Å². The first-order valence-corrected chi connectivity index (χ1v) is 8.84. The molecular formula is C23H19FN2O2. The van der Waals surface area contributed by atoms with Crippen LogP contribution in [0.3, 0.4) is 0 Å². The van der Waals surface area contributed by atoms with E-state index < -0.39 is 0 Å². The van der Waals surface area contributed by atoms with Gasteiger partial charge in [0.25, 0.3) is 0 Å². The van der Waals surface area contributed by atoms with Gasteiger partial charge in [-0.25, -0.2) is 4.39 Å². The van der Waals surface area contributed by atoms with Gasteiger partial charge >= 0.3 is 0 Å². The van der Waals surface area contributed by atoms with Gasteiger partial charge in [-0.3, -0.25) is 4.99 Å². The molecule has 4 aromatic rings. The summed E-state index contributed by atoms with van der Waals surface area (Å²) in [5, 5.41) is 11.3. The second-order valence-electron chi connectivity index (χ2n) is 6.36. The first-order valence-electron chi connectivity index (χ1n) is 8.84. The number of aliphatic imine (C=N–C) groups is 1. The summed E-state index contributed by atoms with van der Waals surface area (Å²) in [6.45, 7) is 0. The topological polar surface area (TPSA) is 57.6 Å². The Morgan fingerprint density at radius 3 is 2.54 bits per heavy atom. The smallest absolute Gasteiger partial charge is 0.199 e. The SMILES string of the molecule is CN=C(c1ccccc1)c1c(O)[nH]c2ccc(-c3c(F)cccc3OC)cc12. The van der Waals surface area contributed by atoms with Crippen molar-refractivity contribution in [2.24, 2.45) is 4.99 Å². The molecule has 0 unspecified atom stereocenters. The molecule has 0 aliphatic heterocycles. The molecule has 140 valence electrons. The van der Waals surface area contributed by atoms with E-state index in [0.717, 1.165) is 16.5 Å². The number of ether oxygens (including phenoxy) is 1. The maximum Gasteiger partial charge on any atom is 0.199 e. The molecule has 0 saturated carbocycles. The summed E-state index contributed by atoms with van der Waals surface area (Å²) in [6, 6.07) is 19.8. The van der Waals surface area contributed by atoms with Crippen LogP contribution >= 0.6 is 0 Å². The second-order valence-corrected chi connectivity index (χ2v) is 6.36. The predicted octanol–water partition coefficient (Wildman–Crippen LogP) is 5.16. The molecule has 0 bridgehead atoms. The van der Waals surface area contributed by atoms with E-state index in [1.54, 1.807) is 25.2 Å². The Balaban J connectivity index is 1.96. The Hall–Kier alpha value is -3.60. The monoisotopic (exact) mass is 374 g/mol. The molecular weight excluding hydrogens is 355 g/mol. The van der Waals surface area contributed by atoms with Crippen molar-refractivity contribution >= 4 is 16.6 Å². The van der Waals surface area contributed by atoms with Crippen LogP contribution in [0.1, 0.15) is 11.1 Å². The van der Waals surface area contributed by atoms with Gasteiger partial charge in [-0.1, -0.05) is 42.5 Å². The Morgan fingerprint density at radius 1 is 1.04 bits per heavy atom. The van der Waals surface area contributed by atoms with Crippen LogP contribution in [-0.2, 0) is 0 Å². The van der Waals surface area contributed by atoms with E-state index in [0.29, 0.717) is 28.2 Å². The highest BCUT2D eigenvalue weighted by Crippen LogP contribution is 2.37. The highest BCUT2D eigenvalue weighted by Gasteiger charge is 2.19. The van der Waals surface area contributed by atoms with E-state index in [1.165, 1.54) is 13.2 Å². The maximum absolute atomic E-state index is 14.6. The lowest BCUT2D eigenvalue weighted by Crippen LogP contribution is -2.02. The molecule has 5 heteroatoms. The van der Waals surface area contributed by atoms with Crippen LogP contribution in [0.4, 0.5) is 4.39 Å². The van der Waals surface area contributed by atoms with Crippen molar-refractivity contribution in [1.82, 2.24) is 4.98 Å². The minimum atomic E-state index is -0.368. The Labute approximate surface area is 161 Å². The van der Waals surface area contributed by atoms with Crippen LogP contribution < -0.4 is 4.74 Å². The largest absolute Gasteiger partial charge is 0.496 e. The summed E-state index contributed by atoms with van der Waals surface area (Å²) in [7, 11) is 3.20. The fraction of sp³-hybridized carbons (Fsp3) is 0.0870. The minimum Gasteiger partial charge on any atom is -0.496 e. The van der Waals surface area contributed by atoms with Crippen molar-refractivity contribution in [3.05, 3.63) is 83.7 Å². The van der Waals surface area contributed by atoms with Gasteiger partial charge in [0, 0.05) is 23.5 Å². The second kappa shape index (κ2) is 7.19. The van der Waals surface area contributed by atoms with Gasteiger partial charge in [0.05, 0.1) is 23.9 Å². The van der Waals surface area contributed by atoms with Crippen LogP contribution in [0.15, 0.2) is 71.7 Å². The molecule has 28 heavy (non-hydrogen) atoms. The number of rotatable bonds is 4. The third kappa shape index (κ3) is 2.91. The van der Waals surface area contributed by atoms with Crippen LogP contribution in [0.25, 0.3) is 22.0 Å². The zero-order chi connectivity index (χ0) is 19.7. The number of hydrogen-bond acceptors (Lipinski definition) is 3. The summed E-state index contributed by atoms with van der Waals surface area (Å²) >= 11 is 0. The van der Waals surface area contributed by atoms with E-state index in [4.69, 9.17) is 4.74 Å². The fourth-order valence-corrected chi connectivity index (χ4v) is 3.51. The predicted molar refractivity (Wildman–Crippen MR) is 110 cm³/mol. The Kier molecular flexibility index (Phi) is 4.57. The van der Waals surface area contributed by atoms with Gasteiger partial charge < -0.3 is 14.8 Å². The van der Waals surface area contributed by atoms with Gasteiger partial charge in [0.1, 0.15) is 11.6 Å². The van der Waals surface area contributed by atoms with Crippen LogP contribution in [0.2, 0.25) is 0 Å². The quantitative estimate of drug-likeness (QED) is 0.485. The molecule has 1 heterocycles. The zero-order valence-corrected chi connectivity index (χ0v) is 15.5. The summed E-state index contributed by atoms with van der Waals surface area (Å²) in [4.78, 5) is 7.39. The van der Waals surface area contributed by atoms with Crippen molar-refractivity contribution in [1.29, 1.82) is 0 Å². The summed E-state index contributed by atoms with van der Waals surface area (Å²) in [5.41, 5.74) is 3.90. The maximum atomic E-state index is 14.6. The van der Waals surface area contributed by atoms with Gasteiger partial charge in [-0.05, 0) is 29.8 Å². The minimum absolute atomic E-state index is 0.0251. The third-order valence-electron chi connectivity index (χ3n) is 4.77. The van der Waals surface area contributed by atoms with Crippen molar-refractivity contribution < 1.29 is 14.2 Å². The van der Waals surface area contributed by atoms with E-state index in [2.05, 4.69) is 9.98 Å². The number of aromatic hydroxyl groups is 1. The van der Waals surface area contributed by atoms with Crippen molar-refractivity contribution in [3.63, 3.8) is 0 Å². The molecule has 0 radical (unpaired) electrons. The van der Waals surface area contributed by atoms with Crippen molar-refractivity contribution in [3.8, 4) is 22.8 Å². The van der Waals surface area contributed by atoms with Gasteiger partial charge in [0.2, 0.25) is 0 Å². The lowest BCUT2D eigenvalue weighted by molar-refractivity contribution is 0.413. The third-order valence-corrected chi connectivity index (χ3v) is 4.77. The van der Waals surface area contributed by atoms with E-state index >= 15 is 0 Å².